The van der Waals surface area contributed by atoms with Crippen molar-refractivity contribution in [2.45, 2.75) is 53.9 Å². The maximum Gasteiger partial charge on any atom is 0.292 e. The lowest BCUT2D eigenvalue weighted by Gasteiger charge is -2.13. The summed E-state index contributed by atoms with van der Waals surface area (Å²) < 4.78 is 36.5. The second-order valence-electron chi connectivity index (χ2n) is 8.28. The van der Waals surface area contributed by atoms with Gasteiger partial charge < -0.3 is 24.4 Å². The molecule has 0 spiro atoms. The summed E-state index contributed by atoms with van der Waals surface area (Å²) in [5, 5.41) is 0.880. The maximum atomic E-state index is 15.2. The van der Waals surface area contributed by atoms with Crippen LogP contribution < -0.4 is 10.5 Å². The second-order valence-corrected chi connectivity index (χ2v) is 8.28. The largest absolute Gasteiger partial charge is 0.489 e. The molecule has 38 heavy (non-hydrogen) atoms. The number of hydrogen-bond donors (Lipinski definition) is 1. The van der Waals surface area contributed by atoms with Crippen molar-refractivity contribution in [3.05, 3.63) is 88.4 Å². The van der Waals surface area contributed by atoms with Crippen LogP contribution in [0.4, 0.5) is 4.39 Å². The highest BCUT2D eigenvalue weighted by atomic mass is 19.1. The number of hydrogen-bond acceptors (Lipinski definition) is 6. The lowest BCUT2D eigenvalue weighted by molar-refractivity contribution is -0.126. The fourth-order valence-electron chi connectivity index (χ4n) is 3.96. The average molecular weight is 524 g/mol. The summed E-state index contributed by atoms with van der Waals surface area (Å²) in [4.78, 5) is 8.95. The molecule has 0 saturated carbocycles. The van der Waals surface area contributed by atoms with Gasteiger partial charge in [0.2, 0.25) is 0 Å². The van der Waals surface area contributed by atoms with Crippen LogP contribution in [0.25, 0.3) is 22.1 Å². The first-order chi connectivity index (χ1) is 18.4. The van der Waals surface area contributed by atoms with Crippen molar-refractivity contribution in [3.63, 3.8) is 0 Å². The first-order valence-electron chi connectivity index (χ1n) is 12.7. The Balaban J connectivity index is 0.000000773. The molecule has 0 aliphatic carbocycles. The number of aryl methyl sites for hydroxylation is 2. The van der Waals surface area contributed by atoms with Gasteiger partial charge in [-0.05, 0) is 54.3 Å². The number of carbonyl (C=O) groups is 1. The summed E-state index contributed by atoms with van der Waals surface area (Å²) in [6.07, 6.45) is 0.888. The van der Waals surface area contributed by atoms with Gasteiger partial charge in [0, 0.05) is 35.7 Å². The highest BCUT2D eigenvalue weighted by Gasteiger charge is 2.17. The van der Waals surface area contributed by atoms with E-state index in [1.54, 1.807) is 19.2 Å². The van der Waals surface area contributed by atoms with Crippen LogP contribution in [-0.2, 0) is 40.4 Å². The molecule has 3 aromatic carbocycles. The van der Waals surface area contributed by atoms with Gasteiger partial charge in [0.25, 0.3) is 6.47 Å². The zero-order valence-corrected chi connectivity index (χ0v) is 23.1. The Bertz CT molecular complexity index is 1320. The number of halogens is 1. The molecule has 0 unspecified atom stereocenters. The first-order valence-corrected chi connectivity index (χ1v) is 12.7. The smallest absolute Gasteiger partial charge is 0.292 e. The van der Waals surface area contributed by atoms with Crippen LogP contribution in [0.15, 0.2) is 59.0 Å². The number of ether oxygens (including phenoxy) is 3. The second kappa shape index (κ2) is 15.5. The Kier molecular flexibility index (Phi) is 12.5. The molecule has 4 rings (SSSR count). The quantitative estimate of drug-likeness (QED) is 0.235. The van der Waals surface area contributed by atoms with Crippen molar-refractivity contribution in [3.8, 4) is 16.9 Å². The fraction of sp³-hybridized carbons (Fsp3) is 0.323. The van der Waals surface area contributed by atoms with Crippen LogP contribution in [0.3, 0.4) is 0 Å². The summed E-state index contributed by atoms with van der Waals surface area (Å²) >= 11 is 0. The molecule has 0 radical (unpaired) electrons. The number of fused-ring (bicyclic) bond motifs is 1. The van der Waals surface area contributed by atoms with Gasteiger partial charge in [-0.3, -0.25) is 4.79 Å². The van der Waals surface area contributed by atoms with E-state index in [9.17, 15) is 0 Å². The normalized spacial score (nSPS) is 10.2. The molecule has 0 amide bonds. The highest BCUT2D eigenvalue weighted by Crippen LogP contribution is 2.35. The van der Waals surface area contributed by atoms with Crippen LogP contribution in [-0.4, -0.2) is 20.7 Å². The number of nitrogens with two attached hydrogens (primary N) is 1. The molecule has 204 valence electrons. The number of rotatable bonds is 9. The van der Waals surface area contributed by atoms with E-state index in [1.807, 2.05) is 45.0 Å². The van der Waals surface area contributed by atoms with E-state index in [1.165, 1.54) is 7.11 Å². The zero-order valence-electron chi connectivity index (χ0n) is 23.1. The number of methoxy groups -OCH3 is 2. The van der Waals surface area contributed by atoms with Gasteiger partial charge in [0.05, 0.1) is 7.11 Å². The monoisotopic (exact) mass is 523 g/mol. The molecule has 1 heterocycles. The molecule has 4 aromatic rings. The standard InChI is InChI=1S/C27H28FNO3.C2H4O2.C2H6/c1-4-19-9-8-17(2)10-25(19)31-15-18-11-21-13-22(16-30-3)32-27(21)24(12-18)23-7-5-6-20(14-29)26(23)28;1-4-2-3;1-2/h5-13H,4,14-16,29H2,1-3H3;2H,1H3;1-2H3. The van der Waals surface area contributed by atoms with Crippen LogP contribution in [0.2, 0.25) is 0 Å². The van der Waals surface area contributed by atoms with Crippen molar-refractivity contribution in [2.24, 2.45) is 5.73 Å². The Morgan fingerprint density at radius 3 is 2.34 bits per heavy atom. The summed E-state index contributed by atoms with van der Waals surface area (Å²) in [6, 6.07) is 17.4. The van der Waals surface area contributed by atoms with Gasteiger partial charge in [0.15, 0.2) is 0 Å². The van der Waals surface area contributed by atoms with Gasteiger partial charge in [-0.15, -0.1) is 0 Å². The molecule has 0 fully saturated rings. The summed E-state index contributed by atoms with van der Waals surface area (Å²) in [6.45, 7) is 9.37. The van der Waals surface area contributed by atoms with Crippen LogP contribution >= 0.6 is 0 Å². The topological polar surface area (TPSA) is 83.9 Å². The SMILES string of the molecule is CC.CCc1ccc(C)cc1OCc1cc(-c2cccc(CN)c2F)c2oc(COC)cc2c1.COC=O. The fourth-order valence-corrected chi connectivity index (χ4v) is 3.96. The van der Waals surface area contributed by atoms with Gasteiger partial charge in [-0.25, -0.2) is 4.39 Å². The minimum absolute atomic E-state index is 0.131. The predicted molar refractivity (Wildman–Crippen MR) is 150 cm³/mol. The molecule has 7 heteroatoms. The van der Waals surface area contributed by atoms with E-state index < -0.39 is 0 Å². The minimum Gasteiger partial charge on any atom is -0.489 e. The van der Waals surface area contributed by atoms with E-state index in [2.05, 4.69) is 29.9 Å². The third-order valence-electron chi connectivity index (χ3n) is 5.70. The van der Waals surface area contributed by atoms with Gasteiger partial charge in [-0.2, -0.15) is 0 Å². The van der Waals surface area contributed by atoms with Crippen LogP contribution in [0.1, 0.15) is 48.8 Å². The molecule has 2 N–H and O–H groups in total. The maximum absolute atomic E-state index is 15.2. The third kappa shape index (κ3) is 7.66. The lowest BCUT2D eigenvalue weighted by atomic mass is 9.98. The van der Waals surface area contributed by atoms with E-state index in [-0.39, 0.29) is 12.4 Å². The molecular weight excluding hydrogens is 485 g/mol. The van der Waals surface area contributed by atoms with Crippen molar-refractivity contribution >= 4 is 17.4 Å². The van der Waals surface area contributed by atoms with Crippen LogP contribution in [0.5, 0.6) is 5.75 Å². The summed E-state index contributed by atoms with van der Waals surface area (Å²) in [5.74, 6) is 1.23. The van der Waals surface area contributed by atoms with Gasteiger partial charge >= 0.3 is 0 Å². The molecule has 0 aliphatic heterocycles. The van der Waals surface area contributed by atoms with Crippen molar-refractivity contribution in [1.29, 1.82) is 0 Å². The molecular formula is C31H38FNO5. The van der Waals surface area contributed by atoms with Crippen LogP contribution in [0, 0.1) is 12.7 Å². The Morgan fingerprint density at radius 2 is 1.71 bits per heavy atom. The van der Waals surface area contributed by atoms with Crippen molar-refractivity contribution < 1.29 is 27.8 Å². The molecule has 1 aromatic heterocycles. The first kappa shape index (κ1) is 30.5. The Labute approximate surface area is 224 Å². The van der Waals surface area contributed by atoms with Crippen molar-refractivity contribution in [2.75, 3.05) is 14.2 Å². The molecule has 6 nitrogen and oxygen atoms in total. The molecule has 0 bridgehead atoms. The summed E-state index contributed by atoms with van der Waals surface area (Å²) in [5.41, 5.74) is 11.2. The minimum atomic E-state index is -0.328. The molecule has 0 aliphatic rings. The van der Waals surface area contributed by atoms with E-state index in [4.69, 9.17) is 24.4 Å². The van der Waals surface area contributed by atoms with Crippen molar-refractivity contribution in [1.82, 2.24) is 0 Å². The van der Waals surface area contributed by atoms with Gasteiger partial charge in [0.1, 0.15) is 36.1 Å². The van der Waals surface area contributed by atoms with Gasteiger partial charge in [-0.1, -0.05) is 51.1 Å². The van der Waals surface area contributed by atoms with E-state index in [0.717, 1.165) is 34.2 Å². The zero-order chi connectivity index (χ0) is 28.1. The number of carbonyl (C=O) groups excluding carboxylic acids is 1. The number of benzene rings is 3. The molecule has 0 atom stereocenters. The summed E-state index contributed by atoms with van der Waals surface area (Å²) in [7, 11) is 2.93. The number of furan rings is 1. The van der Waals surface area contributed by atoms with E-state index >= 15 is 4.39 Å². The lowest BCUT2D eigenvalue weighted by Crippen LogP contribution is -2.02. The average Bonchev–Trinajstić information content (AvgIpc) is 3.35. The third-order valence-corrected chi connectivity index (χ3v) is 5.70. The molecule has 0 saturated heterocycles. The highest BCUT2D eigenvalue weighted by molar-refractivity contribution is 5.94. The predicted octanol–water partition coefficient (Wildman–Crippen LogP) is 7.11. The Hall–Kier alpha value is -3.68. The van der Waals surface area contributed by atoms with E-state index in [0.29, 0.717) is 47.7 Å². The Morgan fingerprint density at radius 1 is 0.974 bits per heavy atom.